The molecule has 0 aromatic heterocycles. The Hall–Kier alpha value is -1.38. The van der Waals surface area contributed by atoms with Crippen LogP contribution in [0.25, 0.3) is 0 Å². The van der Waals surface area contributed by atoms with Gasteiger partial charge in [-0.3, -0.25) is 0 Å². The highest BCUT2D eigenvalue weighted by Gasteiger charge is 2.13. The van der Waals surface area contributed by atoms with E-state index in [9.17, 15) is 9.50 Å². The normalized spacial score (nSPS) is 12.5. The lowest BCUT2D eigenvalue weighted by molar-refractivity contribution is 0.178. The number of aliphatic hydroxyl groups excluding tert-OH is 1. The highest BCUT2D eigenvalue weighted by Crippen LogP contribution is 2.27. The number of rotatable bonds is 3. The van der Waals surface area contributed by atoms with Crippen molar-refractivity contribution >= 4 is 11.6 Å². The van der Waals surface area contributed by atoms with Crippen LogP contribution in [0.4, 0.5) is 4.39 Å². The molecule has 0 saturated heterocycles. The summed E-state index contributed by atoms with van der Waals surface area (Å²) in [5.41, 5.74) is 3.74. The molecule has 1 nitrogen and oxygen atoms in total. The van der Waals surface area contributed by atoms with Crippen LogP contribution in [-0.4, -0.2) is 5.11 Å². The second-order valence-corrected chi connectivity index (χ2v) is 5.29. The molecule has 0 saturated carbocycles. The van der Waals surface area contributed by atoms with Crippen LogP contribution >= 0.6 is 11.6 Å². The summed E-state index contributed by atoms with van der Waals surface area (Å²) in [5, 5.41) is 10.6. The van der Waals surface area contributed by atoms with Gasteiger partial charge in [0.25, 0.3) is 0 Å². The van der Waals surface area contributed by atoms with E-state index in [0.29, 0.717) is 17.0 Å². The molecule has 100 valence electrons. The minimum Gasteiger partial charge on any atom is -0.388 e. The first-order valence-electron chi connectivity index (χ1n) is 6.16. The fourth-order valence-corrected chi connectivity index (χ4v) is 2.53. The zero-order valence-corrected chi connectivity index (χ0v) is 11.7. The molecule has 1 unspecified atom stereocenters. The fraction of sp³-hybridized carbons (Fsp3) is 0.250. The second kappa shape index (κ2) is 5.72. The molecule has 0 aliphatic rings. The molecular formula is C16H16ClFO. The number of hydrogen-bond donors (Lipinski definition) is 1. The Balaban J connectivity index is 2.25. The summed E-state index contributed by atoms with van der Waals surface area (Å²) in [7, 11) is 0. The van der Waals surface area contributed by atoms with E-state index in [4.69, 9.17) is 11.6 Å². The third-order valence-corrected chi connectivity index (χ3v) is 3.37. The van der Waals surface area contributed by atoms with Crippen molar-refractivity contribution in [1.82, 2.24) is 0 Å². The quantitative estimate of drug-likeness (QED) is 0.884. The van der Waals surface area contributed by atoms with Crippen LogP contribution in [0.3, 0.4) is 0 Å². The van der Waals surface area contributed by atoms with Gasteiger partial charge in [-0.25, -0.2) is 4.39 Å². The molecule has 0 fully saturated rings. The topological polar surface area (TPSA) is 20.2 Å². The van der Waals surface area contributed by atoms with Gasteiger partial charge in [0.1, 0.15) is 5.82 Å². The summed E-state index contributed by atoms with van der Waals surface area (Å²) in [6, 6.07) is 10.2. The highest BCUT2D eigenvalue weighted by molar-refractivity contribution is 6.31. The number of aliphatic hydroxyl groups is 1. The van der Waals surface area contributed by atoms with Crippen LogP contribution < -0.4 is 0 Å². The van der Waals surface area contributed by atoms with Crippen molar-refractivity contribution in [2.45, 2.75) is 26.4 Å². The van der Waals surface area contributed by atoms with Gasteiger partial charge in [0.15, 0.2) is 0 Å². The Kier molecular flexibility index (Phi) is 4.23. The minimum absolute atomic E-state index is 0.387. The van der Waals surface area contributed by atoms with Crippen molar-refractivity contribution in [3.63, 3.8) is 0 Å². The number of aryl methyl sites for hydroxylation is 2. The first-order chi connectivity index (χ1) is 8.95. The molecule has 2 rings (SSSR count). The molecule has 3 heteroatoms. The Labute approximate surface area is 117 Å². The molecular weight excluding hydrogens is 263 g/mol. The van der Waals surface area contributed by atoms with Gasteiger partial charge in [0, 0.05) is 17.0 Å². The van der Waals surface area contributed by atoms with Crippen LogP contribution in [0.15, 0.2) is 36.4 Å². The third kappa shape index (κ3) is 3.55. The standard InChI is InChI=1S/C16H16ClFO/c1-10-5-11(2)7-12(6-10)8-16(19)14-9-13(18)3-4-15(14)17/h3-7,9,16,19H,8H2,1-2H3. The average Bonchev–Trinajstić information content (AvgIpc) is 2.30. The predicted molar refractivity (Wildman–Crippen MR) is 76.0 cm³/mol. The second-order valence-electron chi connectivity index (χ2n) is 4.88. The summed E-state index contributed by atoms with van der Waals surface area (Å²) in [6.07, 6.45) is -0.379. The van der Waals surface area contributed by atoms with Gasteiger partial charge in [-0.1, -0.05) is 40.9 Å². The predicted octanol–water partition coefficient (Wildman–Crippen LogP) is 4.37. The first-order valence-corrected chi connectivity index (χ1v) is 6.53. The lowest BCUT2D eigenvalue weighted by Crippen LogP contribution is -2.03. The largest absolute Gasteiger partial charge is 0.388 e. The smallest absolute Gasteiger partial charge is 0.123 e. The van der Waals surface area contributed by atoms with E-state index >= 15 is 0 Å². The minimum atomic E-state index is -0.801. The van der Waals surface area contributed by atoms with Crippen LogP contribution in [0.5, 0.6) is 0 Å². The van der Waals surface area contributed by atoms with Crippen molar-refractivity contribution in [2.24, 2.45) is 0 Å². The molecule has 0 aliphatic heterocycles. The van der Waals surface area contributed by atoms with Crippen LogP contribution in [-0.2, 0) is 6.42 Å². The van der Waals surface area contributed by atoms with Gasteiger partial charge in [0.2, 0.25) is 0 Å². The molecule has 0 bridgehead atoms. The maximum absolute atomic E-state index is 13.2. The molecule has 0 heterocycles. The van der Waals surface area contributed by atoms with Crippen LogP contribution in [0.1, 0.15) is 28.4 Å². The van der Waals surface area contributed by atoms with Gasteiger partial charge < -0.3 is 5.11 Å². The maximum Gasteiger partial charge on any atom is 0.123 e. The van der Waals surface area contributed by atoms with Gasteiger partial charge in [-0.15, -0.1) is 0 Å². The number of halogens is 2. The molecule has 1 N–H and O–H groups in total. The molecule has 1 atom stereocenters. The van der Waals surface area contributed by atoms with Crippen LogP contribution in [0, 0.1) is 19.7 Å². The number of hydrogen-bond acceptors (Lipinski definition) is 1. The Morgan fingerprint density at radius 3 is 2.37 bits per heavy atom. The van der Waals surface area contributed by atoms with Crippen molar-refractivity contribution in [1.29, 1.82) is 0 Å². The van der Waals surface area contributed by atoms with E-state index in [1.807, 2.05) is 26.0 Å². The Bertz CT molecular complexity index is 575. The molecule has 0 amide bonds. The van der Waals surface area contributed by atoms with Crippen molar-refractivity contribution in [3.8, 4) is 0 Å². The van der Waals surface area contributed by atoms with Gasteiger partial charge in [-0.2, -0.15) is 0 Å². The highest BCUT2D eigenvalue weighted by atomic mass is 35.5. The van der Waals surface area contributed by atoms with E-state index in [1.165, 1.54) is 18.2 Å². The van der Waals surface area contributed by atoms with E-state index in [-0.39, 0.29) is 5.82 Å². The molecule has 19 heavy (non-hydrogen) atoms. The molecule has 0 spiro atoms. The lowest BCUT2D eigenvalue weighted by atomic mass is 9.98. The maximum atomic E-state index is 13.2. The Morgan fingerprint density at radius 1 is 1.11 bits per heavy atom. The van der Waals surface area contributed by atoms with E-state index in [2.05, 4.69) is 6.07 Å². The summed E-state index contributed by atoms with van der Waals surface area (Å²) in [5.74, 6) is -0.390. The zero-order valence-electron chi connectivity index (χ0n) is 11.0. The van der Waals surface area contributed by atoms with Crippen molar-refractivity contribution in [3.05, 3.63) is 69.5 Å². The summed E-state index contributed by atoms with van der Waals surface area (Å²) < 4.78 is 13.2. The van der Waals surface area contributed by atoms with Crippen molar-refractivity contribution in [2.75, 3.05) is 0 Å². The SMILES string of the molecule is Cc1cc(C)cc(CC(O)c2cc(F)ccc2Cl)c1. The van der Waals surface area contributed by atoms with Crippen molar-refractivity contribution < 1.29 is 9.50 Å². The van der Waals surface area contributed by atoms with Gasteiger partial charge in [0.05, 0.1) is 6.10 Å². The lowest BCUT2D eigenvalue weighted by Gasteiger charge is -2.14. The van der Waals surface area contributed by atoms with E-state index in [0.717, 1.165) is 16.7 Å². The summed E-state index contributed by atoms with van der Waals surface area (Å²) >= 11 is 5.99. The molecule has 0 radical (unpaired) electrons. The van der Waals surface area contributed by atoms with E-state index in [1.54, 1.807) is 0 Å². The average molecular weight is 279 g/mol. The van der Waals surface area contributed by atoms with E-state index < -0.39 is 6.10 Å². The Morgan fingerprint density at radius 2 is 1.74 bits per heavy atom. The fourth-order valence-electron chi connectivity index (χ4n) is 2.29. The monoisotopic (exact) mass is 278 g/mol. The van der Waals surface area contributed by atoms with Gasteiger partial charge in [-0.05, 0) is 37.6 Å². The third-order valence-electron chi connectivity index (χ3n) is 3.03. The first kappa shape index (κ1) is 14.0. The summed E-state index contributed by atoms with van der Waals surface area (Å²) in [4.78, 5) is 0. The van der Waals surface area contributed by atoms with Gasteiger partial charge >= 0.3 is 0 Å². The van der Waals surface area contributed by atoms with Crippen LogP contribution in [0.2, 0.25) is 5.02 Å². The molecule has 2 aromatic rings. The number of benzene rings is 2. The summed E-state index contributed by atoms with van der Waals surface area (Å²) in [6.45, 7) is 4.02. The zero-order chi connectivity index (χ0) is 14.0. The molecule has 0 aliphatic carbocycles. The molecule has 2 aromatic carbocycles.